The van der Waals surface area contributed by atoms with Crippen LogP contribution in [-0.2, 0) is 20.8 Å². The molecule has 0 aliphatic heterocycles. The molecule has 0 aromatic heterocycles. The highest BCUT2D eigenvalue weighted by atomic mass is 16.4. The van der Waals surface area contributed by atoms with Crippen molar-refractivity contribution in [2.75, 3.05) is 0 Å². The molecule has 3 unspecified atom stereocenters. The number of rotatable bonds is 13. The number of hydrogen-bond acceptors (Lipinski definition) is 3. The van der Waals surface area contributed by atoms with Crippen LogP contribution >= 0.6 is 0 Å². The molecule has 0 radical (unpaired) electrons. The predicted molar refractivity (Wildman–Crippen MR) is 124 cm³/mol. The summed E-state index contributed by atoms with van der Waals surface area (Å²) in [6.45, 7) is 3.61. The fourth-order valence-electron chi connectivity index (χ4n) is 3.78. The number of carboxylic acid groups (broad SMARTS) is 2. The lowest BCUT2D eigenvalue weighted by Crippen LogP contribution is -2.42. The average Bonchev–Trinajstić information content (AvgIpc) is 2.77. The molecule has 172 valence electrons. The minimum Gasteiger partial charge on any atom is -0.481 e. The molecule has 0 heterocycles. The molecular formula is C26H33NO5. The van der Waals surface area contributed by atoms with E-state index < -0.39 is 29.8 Å². The van der Waals surface area contributed by atoms with Gasteiger partial charge in [-0.25, -0.2) is 0 Å². The largest absolute Gasteiger partial charge is 0.481 e. The minimum atomic E-state index is -1.01. The molecule has 0 spiro atoms. The van der Waals surface area contributed by atoms with Crippen LogP contribution in [0.15, 0.2) is 54.6 Å². The van der Waals surface area contributed by atoms with Crippen molar-refractivity contribution in [2.45, 2.75) is 58.4 Å². The average molecular weight is 440 g/mol. The highest BCUT2D eigenvalue weighted by Crippen LogP contribution is 2.21. The summed E-state index contributed by atoms with van der Waals surface area (Å²) in [4.78, 5) is 35.5. The summed E-state index contributed by atoms with van der Waals surface area (Å²) in [6.07, 6.45) is 2.67. The Bertz CT molecular complexity index is 879. The molecule has 2 aromatic rings. The molecule has 0 bridgehead atoms. The van der Waals surface area contributed by atoms with Gasteiger partial charge < -0.3 is 15.5 Å². The Labute approximate surface area is 189 Å². The van der Waals surface area contributed by atoms with Gasteiger partial charge in [0.25, 0.3) is 0 Å². The maximum Gasteiger partial charge on any atom is 0.306 e. The molecule has 32 heavy (non-hydrogen) atoms. The SMILES string of the molecule is CCCCC(CC(=O)O)C(=O)NC(Cc1ccc(-c2ccccc2)cc1)CC(C)C(=O)O. The van der Waals surface area contributed by atoms with Crippen LogP contribution in [0.1, 0.15) is 51.5 Å². The number of carbonyl (C=O) groups excluding carboxylic acids is 1. The molecule has 2 rings (SSSR count). The third-order valence-electron chi connectivity index (χ3n) is 5.65. The van der Waals surface area contributed by atoms with Crippen molar-refractivity contribution >= 4 is 17.8 Å². The number of benzene rings is 2. The molecule has 1 amide bonds. The summed E-state index contributed by atoms with van der Waals surface area (Å²) in [5.41, 5.74) is 3.17. The number of hydrogen-bond donors (Lipinski definition) is 3. The van der Waals surface area contributed by atoms with Gasteiger partial charge in [0.15, 0.2) is 0 Å². The van der Waals surface area contributed by atoms with Crippen LogP contribution in [-0.4, -0.2) is 34.1 Å². The van der Waals surface area contributed by atoms with E-state index in [1.165, 1.54) is 0 Å². The van der Waals surface area contributed by atoms with Gasteiger partial charge >= 0.3 is 11.9 Å². The zero-order valence-corrected chi connectivity index (χ0v) is 18.8. The molecule has 3 atom stereocenters. The van der Waals surface area contributed by atoms with Crippen molar-refractivity contribution < 1.29 is 24.6 Å². The second kappa shape index (κ2) is 12.6. The van der Waals surface area contributed by atoms with E-state index in [4.69, 9.17) is 0 Å². The second-order valence-corrected chi connectivity index (χ2v) is 8.38. The number of carboxylic acids is 2. The molecule has 3 N–H and O–H groups in total. The Hall–Kier alpha value is -3.15. The summed E-state index contributed by atoms with van der Waals surface area (Å²) in [5.74, 6) is -3.48. The highest BCUT2D eigenvalue weighted by molar-refractivity contribution is 5.83. The molecular weight excluding hydrogens is 406 g/mol. The van der Waals surface area contributed by atoms with Gasteiger partial charge in [-0.2, -0.15) is 0 Å². The van der Waals surface area contributed by atoms with Gasteiger partial charge in [-0.05, 0) is 36.0 Å². The number of carbonyl (C=O) groups is 3. The topological polar surface area (TPSA) is 104 Å². The Kier molecular flexibility index (Phi) is 9.92. The van der Waals surface area contributed by atoms with Crippen molar-refractivity contribution in [3.63, 3.8) is 0 Å². The van der Waals surface area contributed by atoms with Crippen LogP contribution in [0, 0.1) is 11.8 Å². The van der Waals surface area contributed by atoms with Crippen LogP contribution in [0.4, 0.5) is 0 Å². The molecule has 6 heteroatoms. The van der Waals surface area contributed by atoms with Crippen LogP contribution in [0.5, 0.6) is 0 Å². The normalized spacial score (nSPS) is 13.7. The Morgan fingerprint density at radius 3 is 2.12 bits per heavy atom. The maximum atomic E-state index is 12.9. The van der Waals surface area contributed by atoms with E-state index in [0.717, 1.165) is 29.5 Å². The molecule has 0 aliphatic rings. The maximum absolute atomic E-state index is 12.9. The lowest BCUT2D eigenvalue weighted by Gasteiger charge is -2.24. The van der Waals surface area contributed by atoms with Gasteiger partial charge in [0, 0.05) is 12.0 Å². The van der Waals surface area contributed by atoms with Gasteiger partial charge in [-0.15, -0.1) is 0 Å². The van der Waals surface area contributed by atoms with Crippen LogP contribution < -0.4 is 5.32 Å². The molecule has 6 nitrogen and oxygen atoms in total. The van der Waals surface area contributed by atoms with E-state index in [1.54, 1.807) is 6.92 Å². The van der Waals surface area contributed by atoms with Crippen LogP contribution in [0.2, 0.25) is 0 Å². The van der Waals surface area contributed by atoms with Crippen molar-refractivity contribution in [3.05, 3.63) is 60.2 Å². The van der Waals surface area contributed by atoms with Crippen molar-refractivity contribution in [3.8, 4) is 11.1 Å². The van der Waals surface area contributed by atoms with Crippen molar-refractivity contribution in [1.82, 2.24) is 5.32 Å². The minimum absolute atomic E-state index is 0.223. The first kappa shape index (κ1) is 25.1. The lowest BCUT2D eigenvalue weighted by molar-refractivity contribution is -0.142. The van der Waals surface area contributed by atoms with Crippen molar-refractivity contribution in [2.24, 2.45) is 11.8 Å². The van der Waals surface area contributed by atoms with Gasteiger partial charge in [-0.3, -0.25) is 14.4 Å². The van der Waals surface area contributed by atoms with Crippen LogP contribution in [0.3, 0.4) is 0 Å². The summed E-state index contributed by atoms with van der Waals surface area (Å²) >= 11 is 0. The first-order chi connectivity index (χ1) is 15.3. The van der Waals surface area contributed by atoms with E-state index in [0.29, 0.717) is 12.8 Å². The van der Waals surface area contributed by atoms with E-state index in [2.05, 4.69) is 5.32 Å². The first-order valence-corrected chi connectivity index (χ1v) is 11.2. The molecule has 0 saturated carbocycles. The molecule has 0 fully saturated rings. The van der Waals surface area contributed by atoms with Crippen molar-refractivity contribution in [1.29, 1.82) is 0 Å². The lowest BCUT2D eigenvalue weighted by atomic mass is 9.93. The smallest absolute Gasteiger partial charge is 0.306 e. The number of nitrogens with one attached hydrogen (secondary N) is 1. The zero-order chi connectivity index (χ0) is 23.5. The number of amides is 1. The predicted octanol–water partition coefficient (Wildman–Crippen LogP) is 4.77. The zero-order valence-electron chi connectivity index (χ0n) is 18.8. The fraction of sp³-hybridized carbons (Fsp3) is 0.423. The fourth-order valence-corrected chi connectivity index (χ4v) is 3.78. The highest BCUT2D eigenvalue weighted by Gasteiger charge is 2.26. The van der Waals surface area contributed by atoms with Gasteiger partial charge in [0.05, 0.1) is 12.3 Å². The van der Waals surface area contributed by atoms with Gasteiger partial charge in [0.1, 0.15) is 0 Å². The monoisotopic (exact) mass is 439 g/mol. The van der Waals surface area contributed by atoms with E-state index in [-0.39, 0.29) is 18.7 Å². The third-order valence-corrected chi connectivity index (χ3v) is 5.65. The first-order valence-electron chi connectivity index (χ1n) is 11.2. The van der Waals surface area contributed by atoms with E-state index in [1.807, 2.05) is 61.5 Å². The third kappa shape index (κ3) is 8.17. The van der Waals surface area contributed by atoms with Crippen LogP contribution in [0.25, 0.3) is 11.1 Å². The summed E-state index contributed by atoms with van der Waals surface area (Å²) in [7, 11) is 0. The molecule has 0 saturated heterocycles. The summed E-state index contributed by atoms with van der Waals surface area (Å²) < 4.78 is 0. The summed E-state index contributed by atoms with van der Waals surface area (Å²) in [5, 5.41) is 21.5. The van der Waals surface area contributed by atoms with Gasteiger partial charge in [0.2, 0.25) is 5.91 Å². The Morgan fingerprint density at radius 2 is 1.56 bits per heavy atom. The standard InChI is InChI=1S/C26H33NO5/c1-3-4-8-22(17-24(28)29)25(30)27-23(15-18(2)26(31)32)16-19-11-13-21(14-12-19)20-9-6-5-7-10-20/h5-7,9-14,18,22-23H,3-4,8,15-17H2,1-2H3,(H,27,30)(H,28,29)(H,31,32). The Morgan fingerprint density at radius 1 is 0.938 bits per heavy atom. The second-order valence-electron chi connectivity index (χ2n) is 8.38. The molecule has 0 aliphatic carbocycles. The molecule has 2 aromatic carbocycles. The van der Waals surface area contributed by atoms with Gasteiger partial charge in [-0.1, -0.05) is 81.3 Å². The van der Waals surface area contributed by atoms with E-state index in [9.17, 15) is 24.6 Å². The quantitative estimate of drug-likeness (QED) is 0.417. The number of unbranched alkanes of at least 4 members (excludes halogenated alkanes) is 1. The summed E-state index contributed by atoms with van der Waals surface area (Å²) in [6, 6.07) is 17.6. The Balaban J connectivity index is 2.14. The number of aliphatic carboxylic acids is 2. The van der Waals surface area contributed by atoms with E-state index >= 15 is 0 Å².